The van der Waals surface area contributed by atoms with Gasteiger partial charge >= 0.3 is 0 Å². The fourth-order valence-corrected chi connectivity index (χ4v) is 4.05. The largest absolute Gasteiger partial charge is 0.381 e. The molecule has 4 rings (SSSR count). The number of carbonyl (C=O) groups is 1. The van der Waals surface area contributed by atoms with Crippen LogP contribution in [0.4, 0.5) is 0 Å². The van der Waals surface area contributed by atoms with Gasteiger partial charge in [0.15, 0.2) is 5.82 Å². The van der Waals surface area contributed by atoms with Crippen molar-refractivity contribution in [2.45, 2.75) is 50.9 Å². The number of aryl methyl sites for hydroxylation is 1. The van der Waals surface area contributed by atoms with Crippen LogP contribution in [0, 0.1) is 6.92 Å². The van der Waals surface area contributed by atoms with E-state index in [1.165, 1.54) is 0 Å². The van der Waals surface area contributed by atoms with Crippen LogP contribution in [0.2, 0.25) is 0 Å². The molecule has 144 valence electrons. The van der Waals surface area contributed by atoms with E-state index in [1.54, 1.807) is 6.20 Å². The van der Waals surface area contributed by atoms with Crippen LogP contribution in [0.25, 0.3) is 0 Å². The Balaban J connectivity index is 1.52. The zero-order chi connectivity index (χ0) is 18.9. The second kappa shape index (κ2) is 7.38. The quantitative estimate of drug-likeness (QED) is 0.826. The molecular weight excluding hydrogens is 344 g/mol. The maximum absolute atomic E-state index is 13.0. The van der Waals surface area contributed by atoms with Crippen molar-refractivity contribution >= 4 is 5.91 Å². The van der Waals surface area contributed by atoms with Gasteiger partial charge in [-0.15, -0.1) is 0 Å². The first-order valence-corrected chi connectivity index (χ1v) is 9.69. The number of nitrogens with zero attached hydrogens (tertiary/aromatic N) is 4. The zero-order valence-electron chi connectivity index (χ0n) is 16.0. The minimum Gasteiger partial charge on any atom is -0.381 e. The molecule has 1 unspecified atom stereocenters. The Morgan fingerprint density at radius 2 is 2.15 bits per heavy atom. The molecule has 2 fully saturated rings. The third kappa shape index (κ3) is 3.60. The van der Waals surface area contributed by atoms with Gasteiger partial charge in [-0.2, -0.15) is 4.98 Å². The first kappa shape index (κ1) is 18.1. The molecule has 0 N–H and O–H groups in total. The van der Waals surface area contributed by atoms with E-state index in [0.29, 0.717) is 24.0 Å². The number of carbonyl (C=O) groups excluding carboxylic acids is 1. The summed E-state index contributed by atoms with van der Waals surface area (Å²) in [6, 6.07) is 3.77. The summed E-state index contributed by atoms with van der Waals surface area (Å²) in [7, 11) is 0. The molecule has 4 heterocycles. The predicted octanol–water partition coefficient (Wildman–Crippen LogP) is 2.86. The van der Waals surface area contributed by atoms with Crippen LogP contribution in [0.3, 0.4) is 0 Å². The zero-order valence-corrected chi connectivity index (χ0v) is 16.0. The number of likely N-dealkylation sites (tertiary alicyclic amines) is 1. The molecule has 0 aromatic carbocycles. The molecular formula is C20H26N4O3. The SMILES string of the molecule is Cc1cccnc1C(=O)N1CCCC(C)(c2noc(C3CCOCC3)n2)C1. The maximum atomic E-state index is 13.0. The Labute approximate surface area is 159 Å². The Morgan fingerprint density at radius 1 is 1.33 bits per heavy atom. The standard InChI is InChI=1S/C20H26N4O3/c1-14-5-3-9-21-16(14)18(25)24-10-4-8-20(2,13-24)19-22-17(27-23-19)15-6-11-26-12-7-15/h3,5,9,15H,4,6-8,10-13H2,1-2H3. The topological polar surface area (TPSA) is 81.4 Å². The van der Waals surface area contributed by atoms with E-state index in [4.69, 9.17) is 14.2 Å². The molecule has 0 saturated carbocycles. The molecule has 1 amide bonds. The van der Waals surface area contributed by atoms with Crippen LogP contribution in [0.15, 0.2) is 22.9 Å². The van der Waals surface area contributed by atoms with E-state index in [0.717, 1.165) is 51.0 Å². The van der Waals surface area contributed by atoms with Crippen molar-refractivity contribution in [2.24, 2.45) is 0 Å². The molecule has 0 spiro atoms. The monoisotopic (exact) mass is 370 g/mol. The first-order valence-electron chi connectivity index (χ1n) is 9.69. The predicted molar refractivity (Wildman–Crippen MR) is 98.6 cm³/mol. The van der Waals surface area contributed by atoms with Gasteiger partial charge in [-0.3, -0.25) is 9.78 Å². The van der Waals surface area contributed by atoms with Crippen molar-refractivity contribution in [2.75, 3.05) is 26.3 Å². The number of hydrogen-bond donors (Lipinski definition) is 0. The van der Waals surface area contributed by atoms with Crippen LogP contribution < -0.4 is 0 Å². The molecule has 2 aromatic heterocycles. The van der Waals surface area contributed by atoms with Crippen LogP contribution in [-0.4, -0.2) is 52.2 Å². The van der Waals surface area contributed by atoms with Crippen molar-refractivity contribution in [3.05, 3.63) is 41.3 Å². The number of aromatic nitrogens is 3. The molecule has 2 saturated heterocycles. The van der Waals surface area contributed by atoms with Gasteiger partial charge in [0.25, 0.3) is 5.91 Å². The minimum atomic E-state index is -0.302. The van der Waals surface area contributed by atoms with E-state index in [1.807, 2.05) is 24.0 Å². The Morgan fingerprint density at radius 3 is 2.93 bits per heavy atom. The van der Waals surface area contributed by atoms with E-state index in [2.05, 4.69) is 17.1 Å². The van der Waals surface area contributed by atoms with E-state index in [-0.39, 0.29) is 17.2 Å². The van der Waals surface area contributed by atoms with Gasteiger partial charge < -0.3 is 14.2 Å². The fourth-order valence-electron chi connectivity index (χ4n) is 4.05. The molecule has 7 heteroatoms. The van der Waals surface area contributed by atoms with Gasteiger partial charge in [-0.1, -0.05) is 18.1 Å². The Kier molecular flexibility index (Phi) is 4.95. The number of ether oxygens (including phenoxy) is 1. The molecule has 2 aliphatic rings. The summed E-state index contributed by atoms with van der Waals surface area (Å²) in [5.41, 5.74) is 1.12. The molecule has 1 atom stereocenters. The number of rotatable bonds is 3. The smallest absolute Gasteiger partial charge is 0.272 e. The van der Waals surface area contributed by atoms with Crippen LogP contribution in [0.1, 0.15) is 66.3 Å². The van der Waals surface area contributed by atoms with Gasteiger partial charge in [0.05, 0.1) is 0 Å². The average Bonchev–Trinajstić information content (AvgIpc) is 3.20. The number of amides is 1. The van der Waals surface area contributed by atoms with Gasteiger partial charge in [-0.25, -0.2) is 0 Å². The van der Waals surface area contributed by atoms with Crippen LogP contribution >= 0.6 is 0 Å². The average molecular weight is 370 g/mol. The van der Waals surface area contributed by atoms with Crippen LogP contribution in [0.5, 0.6) is 0 Å². The lowest BCUT2D eigenvalue weighted by Crippen LogP contribution is -2.48. The summed E-state index contributed by atoms with van der Waals surface area (Å²) in [4.78, 5) is 23.9. The second-order valence-corrected chi connectivity index (χ2v) is 7.90. The highest BCUT2D eigenvalue weighted by atomic mass is 16.5. The third-order valence-electron chi connectivity index (χ3n) is 5.75. The first-order chi connectivity index (χ1) is 13.1. The highest BCUT2D eigenvalue weighted by Crippen LogP contribution is 2.34. The molecule has 2 aliphatic heterocycles. The summed E-state index contributed by atoms with van der Waals surface area (Å²) in [5, 5.41) is 4.29. The van der Waals surface area contributed by atoms with Crippen molar-refractivity contribution in [3.8, 4) is 0 Å². The highest BCUT2D eigenvalue weighted by molar-refractivity contribution is 5.93. The van der Waals surface area contributed by atoms with Gasteiger partial charge in [0.2, 0.25) is 5.89 Å². The maximum Gasteiger partial charge on any atom is 0.272 e. The number of piperidine rings is 1. The number of hydrogen-bond acceptors (Lipinski definition) is 6. The molecule has 27 heavy (non-hydrogen) atoms. The molecule has 7 nitrogen and oxygen atoms in total. The van der Waals surface area contributed by atoms with E-state index in [9.17, 15) is 4.79 Å². The van der Waals surface area contributed by atoms with Gasteiger partial charge in [-0.05, 0) is 44.2 Å². The summed E-state index contributed by atoms with van der Waals surface area (Å²) in [5.74, 6) is 1.67. The fraction of sp³-hybridized carbons (Fsp3) is 0.600. The molecule has 0 radical (unpaired) electrons. The number of pyridine rings is 1. The van der Waals surface area contributed by atoms with Crippen LogP contribution in [-0.2, 0) is 10.2 Å². The third-order valence-corrected chi connectivity index (χ3v) is 5.75. The van der Waals surface area contributed by atoms with Crippen molar-refractivity contribution in [1.82, 2.24) is 20.0 Å². The minimum absolute atomic E-state index is 0.0211. The molecule has 0 aliphatic carbocycles. The summed E-state index contributed by atoms with van der Waals surface area (Å²) < 4.78 is 11.0. The highest BCUT2D eigenvalue weighted by Gasteiger charge is 2.39. The normalized spacial score (nSPS) is 24.1. The lowest BCUT2D eigenvalue weighted by Gasteiger charge is -2.38. The lowest BCUT2D eigenvalue weighted by atomic mass is 9.81. The summed E-state index contributed by atoms with van der Waals surface area (Å²) >= 11 is 0. The Hall–Kier alpha value is -2.28. The van der Waals surface area contributed by atoms with Gasteiger partial charge in [0, 0.05) is 43.8 Å². The lowest BCUT2D eigenvalue weighted by molar-refractivity contribution is 0.0635. The van der Waals surface area contributed by atoms with Gasteiger partial charge in [0.1, 0.15) is 5.69 Å². The van der Waals surface area contributed by atoms with Crippen molar-refractivity contribution < 1.29 is 14.1 Å². The Bertz CT molecular complexity index is 815. The summed E-state index contributed by atoms with van der Waals surface area (Å²) in [6.45, 7) is 6.83. The van der Waals surface area contributed by atoms with E-state index >= 15 is 0 Å². The van der Waals surface area contributed by atoms with Crippen molar-refractivity contribution in [1.29, 1.82) is 0 Å². The van der Waals surface area contributed by atoms with E-state index < -0.39 is 0 Å². The summed E-state index contributed by atoms with van der Waals surface area (Å²) in [6.07, 6.45) is 5.35. The van der Waals surface area contributed by atoms with Crippen molar-refractivity contribution in [3.63, 3.8) is 0 Å². The second-order valence-electron chi connectivity index (χ2n) is 7.90. The molecule has 0 bridgehead atoms. The molecule has 2 aromatic rings.